The minimum atomic E-state index is -0.298. The van der Waals surface area contributed by atoms with Crippen LogP contribution in [0.4, 0.5) is 4.79 Å². The molecule has 0 saturated carbocycles. The van der Waals surface area contributed by atoms with Gasteiger partial charge in [-0.3, -0.25) is 0 Å². The quantitative estimate of drug-likeness (QED) is 0.505. The summed E-state index contributed by atoms with van der Waals surface area (Å²) in [6.45, 7) is 3.32. The van der Waals surface area contributed by atoms with Gasteiger partial charge in [0.15, 0.2) is 0 Å². The van der Waals surface area contributed by atoms with Crippen LogP contribution in [0.5, 0.6) is 0 Å². The summed E-state index contributed by atoms with van der Waals surface area (Å²) >= 11 is 0. The molecule has 0 fully saturated rings. The molecule has 1 amide bonds. The van der Waals surface area contributed by atoms with Crippen LogP contribution >= 0.6 is 0 Å². The Kier molecular flexibility index (Phi) is 4.16. The molecule has 0 spiro atoms. The van der Waals surface area contributed by atoms with Gasteiger partial charge in [0.05, 0.1) is 6.61 Å². The first-order valence-electron chi connectivity index (χ1n) is 4.80. The van der Waals surface area contributed by atoms with E-state index in [0.717, 1.165) is 6.29 Å². The maximum absolute atomic E-state index is 11.3. The lowest BCUT2D eigenvalue weighted by atomic mass is 10.0. The Hall–Kier alpha value is -1.32. The van der Waals surface area contributed by atoms with Gasteiger partial charge in [-0.2, -0.15) is 0 Å². The lowest BCUT2D eigenvalue weighted by Gasteiger charge is -2.27. The minimum absolute atomic E-state index is 0.144. The van der Waals surface area contributed by atoms with Crippen molar-refractivity contribution in [2.75, 3.05) is 19.7 Å². The summed E-state index contributed by atoms with van der Waals surface area (Å²) < 4.78 is 4.87. The molecule has 1 unspecified atom stereocenters. The Labute approximate surface area is 83.5 Å². The van der Waals surface area contributed by atoms with Crippen molar-refractivity contribution in [3.8, 4) is 0 Å². The maximum atomic E-state index is 11.3. The third-order valence-corrected chi connectivity index (χ3v) is 2.11. The van der Waals surface area contributed by atoms with E-state index < -0.39 is 0 Å². The lowest BCUT2D eigenvalue weighted by Crippen LogP contribution is -2.38. The first-order chi connectivity index (χ1) is 6.77. The van der Waals surface area contributed by atoms with Crippen molar-refractivity contribution >= 4 is 12.4 Å². The first kappa shape index (κ1) is 10.8. The van der Waals surface area contributed by atoms with Crippen molar-refractivity contribution in [3.05, 3.63) is 12.2 Å². The third-order valence-electron chi connectivity index (χ3n) is 2.11. The molecule has 0 aromatic carbocycles. The minimum Gasteiger partial charge on any atom is -0.450 e. The normalized spacial score (nSPS) is 20.6. The predicted molar refractivity (Wildman–Crippen MR) is 51.9 cm³/mol. The van der Waals surface area contributed by atoms with E-state index in [1.54, 1.807) is 11.8 Å². The molecule has 0 radical (unpaired) electrons. The van der Waals surface area contributed by atoms with Crippen molar-refractivity contribution in [2.24, 2.45) is 5.92 Å². The van der Waals surface area contributed by atoms with Gasteiger partial charge < -0.3 is 14.4 Å². The highest BCUT2D eigenvalue weighted by molar-refractivity contribution is 5.68. The smallest absolute Gasteiger partial charge is 0.410 e. The Morgan fingerprint density at radius 1 is 1.71 bits per heavy atom. The van der Waals surface area contributed by atoms with Crippen LogP contribution in [0, 0.1) is 5.92 Å². The van der Waals surface area contributed by atoms with Crippen molar-refractivity contribution in [2.45, 2.75) is 13.3 Å². The van der Waals surface area contributed by atoms with E-state index in [-0.39, 0.29) is 12.0 Å². The molecule has 0 aromatic heterocycles. The predicted octanol–water partition coefficient (Wildman–Crippen LogP) is 1.22. The van der Waals surface area contributed by atoms with Gasteiger partial charge in [-0.25, -0.2) is 4.79 Å². The highest BCUT2D eigenvalue weighted by Gasteiger charge is 2.20. The topological polar surface area (TPSA) is 46.6 Å². The van der Waals surface area contributed by atoms with Gasteiger partial charge in [0.1, 0.15) is 6.29 Å². The van der Waals surface area contributed by atoms with Gasteiger partial charge in [0.25, 0.3) is 0 Å². The number of amides is 1. The monoisotopic (exact) mass is 197 g/mol. The van der Waals surface area contributed by atoms with Crippen molar-refractivity contribution < 1.29 is 14.3 Å². The summed E-state index contributed by atoms with van der Waals surface area (Å²) in [5.41, 5.74) is 0. The number of nitrogens with zero attached hydrogens (tertiary/aromatic N) is 1. The standard InChI is InChI=1S/C10H15NO3/c1-2-14-10(13)11-6-3-4-9(8-11)5-7-12/h3-4,7,9H,2,5-6,8H2,1H3. The second kappa shape index (κ2) is 5.42. The fourth-order valence-electron chi connectivity index (χ4n) is 1.44. The van der Waals surface area contributed by atoms with Crippen LogP contribution < -0.4 is 0 Å². The van der Waals surface area contributed by atoms with Crippen molar-refractivity contribution in [1.82, 2.24) is 4.90 Å². The average Bonchev–Trinajstić information content (AvgIpc) is 2.19. The van der Waals surface area contributed by atoms with Gasteiger partial charge in [-0.15, -0.1) is 0 Å². The van der Waals surface area contributed by atoms with Crippen LogP contribution in [0.3, 0.4) is 0 Å². The summed E-state index contributed by atoms with van der Waals surface area (Å²) in [6, 6.07) is 0. The Morgan fingerprint density at radius 3 is 3.14 bits per heavy atom. The molecule has 1 atom stereocenters. The third kappa shape index (κ3) is 2.87. The number of carbonyl (C=O) groups is 2. The fourth-order valence-corrected chi connectivity index (χ4v) is 1.44. The SMILES string of the molecule is CCOC(=O)N1CC=CC(CC=O)C1. The molecule has 1 rings (SSSR count). The Bertz CT molecular complexity index is 238. The van der Waals surface area contributed by atoms with Gasteiger partial charge in [0.2, 0.25) is 0 Å². The molecule has 0 aromatic rings. The highest BCUT2D eigenvalue weighted by Crippen LogP contribution is 2.12. The molecule has 0 aliphatic carbocycles. The summed E-state index contributed by atoms with van der Waals surface area (Å²) in [5.74, 6) is 0.144. The first-order valence-corrected chi connectivity index (χ1v) is 4.80. The van der Waals surface area contributed by atoms with Crippen molar-refractivity contribution in [3.63, 3.8) is 0 Å². The second-order valence-corrected chi connectivity index (χ2v) is 3.19. The zero-order valence-corrected chi connectivity index (χ0v) is 8.31. The van der Waals surface area contributed by atoms with E-state index in [4.69, 9.17) is 4.74 Å². The molecule has 1 aliphatic rings. The summed E-state index contributed by atoms with van der Waals surface area (Å²) in [7, 11) is 0. The van der Waals surface area contributed by atoms with Crippen LogP contribution in [0.1, 0.15) is 13.3 Å². The molecule has 14 heavy (non-hydrogen) atoms. The zero-order chi connectivity index (χ0) is 10.4. The van der Waals surface area contributed by atoms with E-state index in [2.05, 4.69) is 0 Å². The van der Waals surface area contributed by atoms with Crippen LogP contribution in [0.25, 0.3) is 0 Å². The van der Waals surface area contributed by atoms with Crippen LogP contribution in [0.15, 0.2) is 12.2 Å². The van der Waals surface area contributed by atoms with Crippen LogP contribution in [-0.4, -0.2) is 37.0 Å². The largest absolute Gasteiger partial charge is 0.450 e. The van der Waals surface area contributed by atoms with Crippen molar-refractivity contribution in [1.29, 1.82) is 0 Å². The van der Waals surface area contributed by atoms with E-state index >= 15 is 0 Å². The molecule has 4 nitrogen and oxygen atoms in total. The van der Waals surface area contributed by atoms with E-state index in [9.17, 15) is 9.59 Å². The highest BCUT2D eigenvalue weighted by atomic mass is 16.6. The molecular formula is C10H15NO3. The fraction of sp³-hybridized carbons (Fsp3) is 0.600. The number of rotatable bonds is 3. The van der Waals surface area contributed by atoms with E-state index in [1.165, 1.54) is 0 Å². The van der Waals surface area contributed by atoms with Crippen LogP contribution in [-0.2, 0) is 9.53 Å². The molecule has 1 aliphatic heterocycles. The number of hydrogen-bond acceptors (Lipinski definition) is 3. The van der Waals surface area contributed by atoms with E-state index in [0.29, 0.717) is 26.1 Å². The Balaban J connectivity index is 2.46. The molecule has 0 N–H and O–H groups in total. The summed E-state index contributed by atoms with van der Waals surface area (Å²) in [4.78, 5) is 23.2. The zero-order valence-electron chi connectivity index (χ0n) is 8.31. The number of aldehydes is 1. The lowest BCUT2D eigenvalue weighted by molar-refractivity contribution is -0.108. The Morgan fingerprint density at radius 2 is 2.50 bits per heavy atom. The molecule has 0 saturated heterocycles. The average molecular weight is 197 g/mol. The molecule has 78 valence electrons. The van der Waals surface area contributed by atoms with Gasteiger partial charge >= 0.3 is 6.09 Å². The van der Waals surface area contributed by atoms with E-state index in [1.807, 2.05) is 12.2 Å². The number of carbonyl (C=O) groups excluding carboxylic acids is 2. The van der Waals surface area contributed by atoms with Gasteiger partial charge in [0, 0.05) is 25.4 Å². The maximum Gasteiger partial charge on any atom is 0.410 e. The van der Waals surface area contributed by atoms with Crippen LogP contribution in [0.2, 0.25) is 0 Å². The summed E-state index contributed by atoms with van der Waals surface area (Å²) in [5, 5.41) is 0. The molecule has 1 heterocycles. The van der Waals surface area contributed by atoms with Gasteiger partial charge in [-0.1, -0.05) is 12.2 Å². The molecule has 0 bridgehead atoms. The molecular weight excluding hydrogens is 182 g/mol. The summed E-state index contributed by atoms with van der Waals surface area (Å²) in [6.07, 6.45) is 4.92. The second-order valence-electron chi connectivity index (χ2n) is 3.19. The number of ether oxygens (including phenoxy) is 1. The number of hydrogen-bond donors (Lipinski definition) is 0. The van der Waals surface area contributed by atoms with Gasteiger partial charge in [-0.05, 0) is 6.92 Å². The molecule has 4 heteroatoms.